The molecule has 0 radical (unpaired) electrons. The van der Waals surface area contributed by atoms with E-state index >= 15 is 0 Å². The summed E-state index contributed by atoms with van der Waals surface area (Å²) >= 11 is 0. The van der Waals surface area contributed by atoms with Crippen LogP contribution in [0.15, 0.2) is 54.7 Å². The molecule has 0 spiro atoms. The van der Waals surface area contributed by atoms with E-state index in [2.05, 4.69) is 23.2 Å². The number of nitrogens with zero attached hydrogens (tertiary/aromatic N) is 1. The number of benzene rings is 2. The Labute approximate surface area is 122 Å². The summed E-state index contributed by atoms with van der Waals surface area (Å²) < 4.78 is 10.7. The molecule has 0 fully saturated rings. The molecule has 0 unspecified atom stereocenters. The van der Waals surface area contributed by atoms with Gasteiger partial charge >= 0.3 is 0 Å². The van der Waals surface area contributed by atoms with Crippen molar-refractivity contribution < 1.29 is 9.47 Å². The number of hydrogen-bond donors (Lipinski definition) is 0. The topological polar surface area (TPSA) is 31.4 Å². The standard InChI is InChI=1S/C18H13NO2/c1-2-4-16-15(3-1)14(9-10-19-16)7-5-13-6-8-17-18(11-13)21-12-20-17/h1-11H,12H2/b7-5+. The third-order valence-electron chi connectivity index (χ3n) is 3.53. The van der Waals surface area contributed by atoms with Crippen molar-refractivity contribution in [3.05, 3.63) is 65.9 Å². The molecule has 4 rings (SSSR count). The SMILES string of the molecule is C(=C\c1ccnc2ccccc12)/c1ccc2c(c1)OCO2. The van der Waals surface area contributed by atoms with Crippen molar-refractivity contribution in [1.82, 2.24) is 4.98 Å². The predicted molar refractivity (Wildman–Crippen MR) is 83.2 cm³/mol. The van der Waals surface area contributed by atoms with Gasteiger partial charge in [-0.25, -0.2) is 0 Å². The molecule has 1 aliphatic heterocycles. The highest BCUT2D eigenvalue weighted by molar-refractivity contribution is 5.90. The van der Waals surface area contributed by atoms with Crippen molar-refractivity contribution in [3.8, 4) is 11.5 Å². The van der Waals surface area contributed by atoms with Crippen LogP contribution in [-0.4, -0.2) is 11.8 Å². The van der Waals surface area contributed by atoms with Gasteiger partial charge < -0.3 is 9.47 Å². The van der Waals surface area contributed by atoms with Gasteiger partial charge in [-0.05, 0) is 35.4 Å². The van der Waals surface area contributed by atoms with Crippen LogP contribution in [0.25, 0.3) is 23.1 Å². The number of aromatic nitrogens is 1. The number of para-hydroxylation sites is 1. The Morgan fingerprint density at radius 2 is 1.81 bits per heavy atom. The van der Waals surface area contributed by atoms with Crippen molar-refractivity contribution >= 4 is 23.1 Å². The van der Waals surface area contributed by atoms with Gasteiger partial charge in [0.15, 0.2) is 11.5 Å². The van der Waals surface area contributed by atoms with Crippen molar-refractivity contribution in [3.63, 3.8) is 0 Å². The number of ether oxygens (including phenoxy) is 2. The second kappa shape index (κ2) is 4.94. The zero-order chi connectivity index (χ0) is 14.1. The van der Waals surface area contributed by atoms with E-state index in [1.807, 2.05) is 48.7 Å². The molecule has 2 aromatic carbocycles. The normalized spacial score (nSPS) is 13.1. The quantitative estimate of drug-likeness (QED) is 0.704. The molecule has 0 aliphatic carbocycles. The van der Waals surface area contributed by atoms with Crippen LogP contribution in [0.5, 0.6) is 11.5 Å². The summed E-state index contributed by atoms with van der Waals surface area (Å²) in [6, 6.07) is 16.1. The Balaban J connectivity index is 1.71. The van der Waals surface area contributed by atoms with Crippen LogP contribution in [0.1, 0.15) is 11.1 Å². The molecular weight excluding hydrogens is 262 g/mol. The highest BCUT2D eigenvalue weighted by atomic mass is 16.7. The van der Waals surface area contributed by atoms with E-state index in [0.717, 1.165) is 33.5 Å². The first-order valence-corrected chi connectivity index (χ1v) is 6.82. The molecule has 0 saturated carbocycles. The summed E-state index contributed by atoms with van der Waals surface area (Å²) in [4.78, 5) is 4.37. The first kappa shape index (κ1) is 12.0. The molecule has 0 amide bonds. The van der Waals surface area contributed by atoms with Crippen LogP contribution in [-0.2, 0) is 0 Å². The fraction of sp³-hybridized carbons (Fsp3) is 0.0556. The van der Waals surface area contributed by atoms with E-state index in [4.69, 9.17) is 9.47 Å². The van der Waals surface area contributed by atoms with Gasteiger partial charge in [-0.1, -0.05) is 36.4 Å². The third kappa shape index (κ3) is 2.23. The minimum atomic E-state index is 0.303. The van der Waals surface area contributed by atoms with Gasteiger partial charge in [0.1, 0.15) is 0 Å². The third-order valence-corrected chi connectivity index (χ3v) is 3.53. The summed E-state index contributed by atoms with van der Waals surface area (Å²) in [5, 5.41) is 1.15. The van der Waals surface area contributed by atoms with Crippen LogP contribution >= 0.6 is 0 Å². The lowest BCUT2D eigenvalue weighted by atomic mass is 10.1. The van der Waals surface area contributed by atoms with Crippen LogP contribution in [0.3, 0.4) is 0 Å². The number of hydrogen-bond acceptors (Lipinski definition) is 3. The second-order valence-corrected chi connectivity index (χ2v) is 4.86. The molecule has 1 aromatic heterocycles. The smallest absolute Gasteiger partial charge is 0.231 e. The van der Waals surface area contributed by atoms with E-state index < -0.39 is 0 Å². The monoisotopic (exact) mass is 275 g/mol. The summed E-state index contributed by atoms with van der Waals surface area (Å²) in [6.45, 7) is 0.303. The van der Waals surface area contributed by atoms with Crippen molar-refractivity contribution in [2.75, 3.05) is 6.79 Å². The maximum Gasteiger partial charge on any atom is 0.231 e. The van der Waals surface area contributed by atoms with Crippen molar-refractivity contribution in [2.45, 2.75) is 0 Å². The first-order valence-electron chi connectivity index (χ1n) is 6.82. The summed E-state index contributed by atoms with van der Waals surface area (Å²) in [7, 11) is 0. The maximum absolute atomic E-state index is 5.40. The van der Waals surface area contributed by atoms with E-state index in [-0.39, 0.29) is 0 Å². The van der Waals surface area contributed by atoms with E-state index in [1.165, 1.54) is 0 Å². The molecule has 3 nitrogen and oxygen atoms in total. The zero-order valence-electron chi connectivity index (χ0n) is 11.3. The molecule has 3 heteroatoms. The molecule has 102 valence electrons. The molecular formula is C18H13NO2. The lowest BCUT2D eigenvalue weighted by molar-refractivity contribution is 0.174. The Kier molecular flexibility index (Phi) is 2.82. The molecule has 0 saturated heterocycles. The van der Waals surface area contributed by atoms with Crippen molar-refractivity contribution in [1.29, 1.82) is 0 Å². The predicted octanol–water partition coefficient (Wildman–Crippen LogP) is 4.13. The average molecular weight is 275 g/mol. The largest absolute Gasteiger partial charge is 0.454 e. The minimum Gasteiger partial charge on any atom is -0.454 e. The molecule has 21 heavy (non-hydrogen) atoms. The van der Waals surface area contributed by atoms with Crippen molar-refractivity contribution in [2.24, 2.45) is 0 Å². The second-order valence-electron chi connectivity index (χ2n) is 4.86. The number of rotatable bonds is 2. The van der Waals surface area contributed by atoms with Gasteiger partial charge in [-0.15, -0.1) is 0 Å². The van der Waals surface area contributed by atoms with E-state index in [1.54, 1.807) is 0 Å². The van der Waals surface area contributed by atoms with Crippen LogP contribution in [0.4, 0.5) is 0 Å². The summed E-state index contributed by atoms with van der Waals surface area (Å²) in [5.41, 5.74) is 3.24. The highest BCUT2D eigenvalue weighted by Gasteiger charge is 2.12. The van der Waals surface area contributed by atoms with Crippen LogP contribution in [0.2, 0.25) is 0 Å². The summed E-state index contributed by atoms with van der Waals surface area (Å²) in [5.74, 6) is 1.61. The number of pyridine rings is 1. The summed E-state index contributed by atoms with van der Waals surface area (Å²) in [6.07, 6.45) is 6.01. The Morgan fingerprint density at radius 1 is 0.905 bits per heavy atom. The van der Waals surface area contributed by atoms with Gasteiger partial charge in [-0.2, -0.15) is 0 Å². The van der Waals surface area contributed by atoms with E-state index in [0.29, 0.717) is 6.79 Å². The lowest BCUT2D eigenvalue weighted by Crippen LogP contribution is -1.92. The average Bonchev–Trinajstić information content (AvgIpc) is 3.00. The lowest BCUT2D eigenvalue weighted by Gasteiger charge is -2.01. The highest BCUT2D eigenvalue weighted by Crippen LogP contribution is 2.33. The van der Waals surface area contributed by atoms with Gasteiger partial charge in [0.05, 0.1) is 5.52 Å². The Bertz CT molecular complexity index is 834. The van der Waals surface area contributed by atoms with Gasteiger partial charge in [0.25, 0.3) is 0 Å². The van der Waals surface area contributed by atoms with Gasteiger partial charge in [0, 0.05) is 11.6 Å². The molecule has 2 heterocycles. The first-order chi connectivity index (χ1) is 10.4. The molecule has 1 aliphatic rings. The van der Waals surface area contributed by atoms with Gasteiger partial charge in [-0.3, -0.25) is 4.98 Å². The maximum atomic E-state index is 5.40. The molecule has 0 N–H and O–H groups in total. The van der Waals surface area contributed by atoms with Gasteiger partial charge in [0.2, 0.25) is 6.79 Å². The minimum absolute atomic E-state index is 0.303. The molecule has 3 aromatic rings. The Morgan fingerprint density at radius 3 is 2.81 bits per heavy atom. The molecule has 0 bridgehead atoms. The fourth-order valence-electron chi connectivity index (χ4n) is 2.47. The van der Waals surface area contributed by atoms with Crippen LogP contribution < -0.4 is 9.47 Å². The fourth-order valence-corrected chi connectivity index (χ4v) is 2.47. The number of fused-ring (bicyclic) bond motifs is 2. The Hall–Kier alpha value is -2.81. The molecule has 0 atom stereocenters. The zero-order valence-corrected chi connectivity index (χ0v) is 11.3. The van der Waals surface area contributed by atoms with Crippen LogP contribution in [0, 0.1) is 0 Å². The van der Waals surface area contributed by atoms with E-state index in [9.17, 15) is 0 Å².